The SMILES string of the molecule is Cc1ccc(-c2csc3ncnc(/N=C4/NN=C(c5ccccc5)CS4)c23)c(C)c1. The van der Waals surface area contributed by atoms with Crippen LogP contribution in [0.25, 0.3) is 21.3 Å². The minimum atomic E-state index is 0.671. The molecule has 2 aromatic heterocycles. The molecule has 1 aliphatic rings. The van der Waals surface area contributed by atoms with Gasteiger partial charge in [0.15, 0.2) is 11.0 Å². The van der Waals surface area contributed by atoms with Crippen LogP contribution < -0.4 is 5.43 Å². The van der Waals surface area contributed by atoms with Gasteiger partial charge in [0.2, 0.25) is 0 Å². The molecule has 0 atom stereocenters. The number of thiophene rings is 1. The van der Waals surface area contributed by atoms with Gasteiger partial charge in [-0.05, 0) is 30.5 Å². The number of hydrazone groups is 1. The number of hydrogen-bond acceptors (Lipinski definition) is 6. The predicted molar refractivity (Wildman–Crippen MR) is 128 cm³/mol. The molecular formula is C23H19N5S2. The molecule has 0 saturated carbocycles. The van der Waals surface area contributed by atoms with E-state index >= 15 is 0 Å². The number of hydrogen-bond donors (Lipinski definition) is 1. The van der Waals surface area contributed by atoms with E-state index in [0.29, 0.717) is 5.82 Å². The number of nitrogens with zero attached hydrogens (tertiary/aromatic N) is 4. The Morgan fingerprint density at radius 3 is 2.63 bits per heavy atom. The molecule has 0 saturated heterocycles. The van der Waals surface area contributed by atoms with E-state index in [1.54, 1.807) is 29.4 Å². The van der Waals surface area contributed by atoms with E-state index < -0.39 is 0 Å². The Hall–Kier alpha value is -3.03. The van der Waals surface area contributed by atoms with Gasteiger partial charge in [-0.1, -0.05) is 65.9 Å². The van der Waals surface area contributed by atoms with E-state index in [1.807, 2.05) is 18.2 Å². The van der Waals surface area contributed by atoms with Crippen molar-refractivity contribution < 1.29 is 0 Å². The zero-order valence-corrected chi connectivity index (χ0v) is 18.2. The molecule has 7 heteroatoms. The Kier molecular flexibility index (Phi) is 5.06. The van der Waals surface area contributed by atoms with Crippen LogP contribution in [0.4, 0.5) is 5.82 Å². The number of rotatable bonds is 3. The van der Waals surface area contributed by atoms with Crippen LogP contribution in [0.15, 0.2) is 70.3 Å². The van der Waals surface area contributed by atoms with Crippen LogP contribution >= 0.6 is 23.1 Å². The molecule has 5 nitrogen and oxygen atoms in total. The Labute approximate surface area is 183 Å². The molecule has 30 heavy (non-hydrogen) atoms. The zero-order chi connectivity index (χ0) is 20.5. The van der Waals surface area contributed by atoms with Crippen molar-refractivity contribution in [2.75, 3.05) is 5.75 Å². The number of aromatic nitrogens is 2. The molecule has 0 amide bonds. The Bertz CT molecular complexity index is 1290. The van der Waals surface area contributed by atoms with Gasteiger partial charge in [-0.2, -0.15) is 5.10 Å². The van der Waals surface area contributed by atoms with Crippen LogP contribution in [0, 0.1) is 13.8 Å². The van der Waals surface area contributed by atoms with Crippen LogP contribution in [0.1, 0.15) is 16.7 Å². The van der Waals surface area contributed by atoms with Gasteiger partial charge in [-0.3, -0.25) is 5.43 Å². The summed E-state index contributed by atoms with van der Waals surface area (Å²) in [6.07, 6.45) is 1.58. The van der Waals surface area contributed by atoms with E-state index in [-0.39, 0.29) is 0 Å². The number of thioether (sulfide) groups is 1. The molecular weight excluding hydrogens is 410 g/mol. The molecule has 0 radical (unpaired) electrons. The summed E-state index contributed by atoms with van der Waals surface area (Å²) in [5.74, 6) is 1.43. The van der Waals surface area contributed by atoms with Crippen LogP contribution in [0.5, 0.6) is 0 Å². The normalized spacial score (nSPS) is 15.3. The second-order valence-electron chi connectivity index (χ2n) is 7.09. The topological polar surface area (TPSA) is 62.5 Å². The minimum Gasteiger partial charge on any atom is -0.255 e. The lowest BCUT2D eigenvalue weighted by Crippen LogP contribution is -2.25. The van der Waals surface area contributed by atoms with Crippen molar-refractivity contribution >= 4 is 50.0 Å². The summed E-state index contributed by atoms with van der Waals surface area (Å²) in [5.41, 5.74) is 10.0. The number of aliphatic imine (C=N–C) groups is 1. The Morgan fingerprint density at radius 2 is 1.87 bits per heavy atom. The second kappa shape index (κ2) is 8.01. The number of nitrogens with one attached hydrogen (secondary N) is 1. The van der Waals surface area contributed by atoms with Crippen molar-refractivity contribution in [2.45, 2.75) is 13.8 Å². The Morgan fingerprint density at radius 1 is 1.00 bits per heavy atom. The fourth-order valence-corrected chi connectivity index (χ4v) is 5.17. The molecule has 0 bridgehead atoms. The molecule has 1 N–H and O–H groups in total. The molecule has 2 aromatic carbocycles. The number of benzene rings is 2. The quantitative estimate of drug-likeness (QED) is 0.453. The molecule has 3 heterocycles. The maximum Gasteiger partial charge on any atom is 0.184 e. The molecule has 0 unspecified atom stereocenters. The van der Waals surface area contributed by atoms with Crippen LogP contribution in [0.2, 0.25) is 0 Å². The number of fused-ring (bicyclic) bond motifs is 1. The highest BCUT2D eigenvalue weighted by Gasteiger charge is 2.17. The van der Waals surface area contributed by atoms with Gasteiger partial charge in [-0.15, -0.1) is 11.3 Å². The van der Waals surface area contributed by atoms with E-state index in [4.69, 9.17) is 4.99 Å². The number of aryl methyl sites for hydroxylation is 2. The summed E-state index contributed by atoms with van der Waals surface area (Å²) in [5, 5.41) is 8.40. The van der Waals surface area contributed by atoms with Crippen molar-refractivity contribution in [1.29, 1.82) is 0 Å². The van der Waals surface area contributed by atoms with Gasteiger partial charge in [-0.25, -0.2) is 15.0 Å². The van der Waals surface area contributed by atoms with Crippen LogP contribution in [-0.2, 0) is 0 Å². The highest BCUT2D eigenvalue weighted by Crippen LogP contribution is 2.39. The summed E-state index contributed by atoms with van der Waals surface area (Å²) in [6.45, 7) is 4.25. The van der Waals surface area contributed by atoms with Crippen molar-refractivity contribution in [3.05, 3.63) is 76.9 Å². The lowest BCUT2D eigenvalue weighted by atomic mass is 9.99. The minimum absolute atomic E-state index is 0.671. The van der Waals surface area contributed by atoms with Gasteiger partial charge in [0.25, 0.3) is 0 Å². The largest absolute Gasteiger partial charge is 0.255 e. The Balaban J connectivity index is 1.53. The van der Waals surface area contributed by atoms with Crippen molar-refractivity contribution in [3.8, 4) is 11.1 Å². The summed E-state index contributed by atoms with van der Waals surface area (Å²) < 4.78 is 0. The lowest BCUT2D eigenvalue weighted by Gasteiger charge is -2.14. The first-order valence-electron chi connectivity index (χ1n) is 9.58. The van der Waals surface area contributed by atoms with Gasteiger partial charge < -0.3 is 0 Å². The van der Waals surface area contributed by atoms with Crippen molar-refractivity contribution in [2.24, 2.45) is 10.1 Å². The molecule has 0 fully saturated rings. The highest BCUT2D eigenvalue weighted by atomic mass is 32.2. The van der Waals surface area contributed by atoms with Gasteiger partial charge in [0, 0.05) is 16.7 Å². The van der Waals surface area contributed by atoms with E-state index in [1.165, 1.54) is 16.7 Å². The van der Waals surface area contributed by atoms with Gasteiger partial charge in [0.05, 0.1) is 11.1 Å². The summed E-state index contributed by atoms with van der Waals surface area (Å²) in [7, 11) is 0. The third-order valence-corrected chi connectivity index (χ3v) is 6.73. The van der Waals surface area contributed by atoms with Crippen LogP contribution in [-0.4, -0.2) is 26.6 Å². The average molecular weight is 430 g/mol. The molecule has 5 rings (SSSR count). The van der Waals surface area contributed by atoms with Gasteiger partial charge >= 0.3 is 0 Å². The van der Waals surface area contributed by atoms with Gasteiger partial charge in [0.1, 0.15) is 11.2 Å². The van der Waals surface area contributed by atoms with Crippen LogP contribution in [0.3, 0.4) is 0 Å². The summed E-state index contributed by atoms with van der Waals surface area (Å²) in [4.78, 5) is 14.7. The monoisotopic (exact) mass is 429 g/mol. The summed E-state index contributed by atoms with van der Waals surface area (Å²) >= 11 is 3.25. The summed E-state index contributed by atoms with van der Waals surface area (Å²) in [6, 6.07) is 16.7. The molecule has 148 valence electrons. The third-order valence-electron chi connectivity index (χ3n) is 4.97. The standard InChI is InChI=1S/C23H19N5S2/c1-14-8-9-17(15(2)10-14)18-11-29-22-20(18)21(24-13-25-22)26-23-28-27-19(12-30-23)16-6-4-3-5-7-16/h3-11,13H,12H2,1-2H3,(H,24,25,26,28). The highest BCUT2D eigenvalue weighted by molar-refractivity contribution is 8.14. The first kappa shape index (κ1) is 19.0. The fourth-order valence-electron chi connectivity index (χ4n) is 3.51. The second-order valence-corrected chi connectivity index (χ2v) is 8.91. The number of amidine groups is 1. The third kappa shape index (κ3) is 3.62. The molecule has 4 aromatic rings. The van der Waals surface area contributed by atoms with E-state index in [0.717, 1.165) is 38.0 Å². The first-order chi connectivity index (χ1) is 14.7. The van der Waals surface area contributed by atoms with E-state index in [9.17, 15) is 0 Å². The zero-order valence-electron chi connectivity index (χ0n) is 16.6. The molecule has 1 aliphatic heterocycles. The fraction of sp³-hybridized carbons (Fsp3) is 0.130. The lowest BCUT2D eigenvalue weighted by molar-refractivity contribution is 1.03. The molecule has 0 aliphatic carbocycles. The maximum atomic E-state index is 4.80. The van der Waals surface area contributed by atoms with Crippen molar-refractivity contribution in [1.82, 2.24) is 15.4 Å². The first-order valence-corrected chi connectivity index (χ1v) is 11.4. The maximum absolute atomic E-state index is 4.80. The predicted octanol–water partition coefficient (Wildman–Crippen LogP) is 5.70. The van der Waals surface area contributed by atoms with Crippen molar-refractivity contribution in [3.63, 3.8) is 0 Å². The average Bonchev–Trinajstić information content (AvgIpc) is 3.20. The smallest absolute Gasteiger partial charge is 0.184 e. The van der Waals surface area contributed by atoms with E-state index in [2.05, 4.69) is 70.1 Å². The molecule has 0 spiro atoms.